The number of fused-ring (bicyclic) bond motifs is 1. The minimum Gasteiger partial charge on any atom is -0.489 e. The molecular weight excluding hydrogens is 306 g/mol. The average Bonchev–Trinajstić information content (AvgIpc) is 2.67. The van der Waals surface area contributed by atoms with Crippen LogP contribution in [0.4, 0.5) is 0 Å². The minimum absolute atomic E-state index is 0.605. The summed E-state index contributed by atoms with van der Waals surface area (Å²) in [6.45, 7) is 2.77. The second-order valence-corrected chi connectivity index (χ2v) is 6.77. The van der Waals surface area contributed by atoms with Crippen molar-refractivity contribution in [3.8, 4) is 16.9 Å². The second kappa shape index (κ2) is 7.12. The highest BCUT2D eigenvalue weighted by Gasteiger charge is 2.13. The zero-order valence-corrected chi connectivity index (χ0v) is 14.6. The molecule has 3 aromatic carbocycles. The molecule has 2 heteroatoms. The molecule has 0 saturated heterocycles. The number of hydrogen-bond acceptors (Lipinski definition) is 2. The normalized spacial score (nSPS) is 14.1. The lowest BCUT2D eigenvalue weighted by atomic mass is 10.00. The van der Waals surface area contributed by atoms with Gasteiger partial charge in [0.1, 0.15) is 12.4 Å². The summed E-state index contributed by atoms with van der Waals surface area (Å²) in [6, 6.07) is 25.6. The van der Waals surface area contributed by atoms with Gasteiger partial charge in [-0.1, -0.05) is 60.7 Å². The van der Waals surface area contributed by atoms with Crippen molar-refractivity contribution < 1.29 is 4.74 Å². The van der Waals surface area contributed by atoms with Crippen LogP contribution in [0, 0.1) is 0 Å². The molecule has 25 heavy (non-hydrogen) atoms. The first-order valence-electron chi connectivity index (χ1n) is 8.85. The van der Waals surface area contributed by atoms with Crippen molar-refractivity contribution in [3.05, 3.63) is 89.5 Å². The molecule has 1 heterocycles. The first kappa shape index (κ1) is 15.9. The number of likely N-dealkylation sites (N-methyl/N-ethyl adjacent to an activating group) is 1. The molecule has 2 nitrogen and oxygen atoms in total. The summed E-state index contributed by atoms with van der Waals surface area (Å²) < 4.78 is 6.02. The first-order chi connectivity index (χ1) is 12.3. The van der Waals surface area contributed by atoms with E-state index in [0.717, 1.165) is 25.3 Å². The van der Waals surface area contributed by atoms with Crippen LogP contribution in [0.3, 0.4) is 0 Å². The molecule has 0 bridgehead atoms. The van der Waals surface area contributed by atoms with E-state index >= 15 is 0 Å². The standard InChI is InChI=1S/C23H23NO/c1-24-14-13-21-15-23(12-11-22(21)16-24)25-17-18-7-9-20(10-8-18)19-5-3-2-4-6-19/h2-12,15H,13-14,16-17H2,1H3. The van der Waals surface area contributed by atoms with E-state index in [1.54, 1.807) is 0 Å². The molecule has 0 spiro atoms. The minimum atomic E-state index is 0.605. The maximum atomic E-state index is 6.02. The fraction of sp³-hybridized carbons (Fsp3) is 0.217. The van der Waals surface area contributed by atoms with Crippen LogP contribution in [0.5, 0.6) is 5.75 Å². The van der Waals surface area contributed by atoms with Gasteiger partial charge in [-0.15, -0.1) is 0 Å². The van der Waals surface area contributed by atoms with Crippen molar-refractivity contribution in [1.82, 2.24) is 4.90 Å². The van der Waals surface area contributed by atoms with E-state index in [4.69, 9.17) is 4.74 Å². The summed E-state index contributed by atoms with van der Waals surface area (Å²) >= 11 is 0. The van der Waals surface area contributed by atoms with Crippen molar-refractivity contribution >= 4 is 0 Å². The average molecular weight is 329 g/mol. The zero-order valence-electron chi connectivity index (χ0n) is 14.6. The summed E-state index contributed by atoms with van der Waals surface area (Å²) in [7, 11) is 2.17. The van der Waals surface area contributed by atoms with Crippen LogP contribution in [0.2, 0.25) is 0 Å². The number of benzene rings is 3. The van der Waals surface area contributed by atoms with Crippen molar-refractivity contribution in [2.45, 2.75) is 19.6 Å². The molecule has 0 atom stereocenters. The maximum Gasteiger partial charge on any atom is 0.120 e. The highest BCUT2D eigenvalue weighted by Crippen LogP contribution is 2.24. The van der Waals surface area contributed by atoms with E-state index in [9.17, 15) is 0 Å². The van der Waals surface area contributed by atoms with Crippen LogP contribution in [0.25, 0.3) is 11.1 Å². The van der Waals surface area contributed by atoms with Gasteiger partial charge in [0.25, 0.3) is 0 Å². The summed E-state index contributed by atoms with van der Waals surface area (Å²) in [5, 5.41) is 0. The monoisotopic (exact) mass is 329 g/mol. The Morgan fingerprint density at radius 3 is 2.40 bits per heavy atom. The second-order valence-electron chi connectivity index (χ2n) is 6.77. The summed E-state index contributed by atoms with van der Waals surface area (Å²) in [4.78, 5) is 2.36. The van der Waals surface area contributed by atoms with E-state index < -0.39 is 0 Å². The quantitative estimate of drug-likeness (QED) is 0.673. The third-order valence-corrected chi connectivity index (χ3v) is 4.85. The third-order valence-electron chi connectivity index (χ3n) is 4.85. The molecule has 1 aliphatic heterocycles. The largest absolute Gasteiger partial charge is 0.489 e. The maximum absolute atomic E-state index is 6.02. The van der Waals surface area contributed by atoms with Gasteiger partial charge in [-0.2, -0.15) is 0 Å². The highest BCUT2D eigenvalue weighted by atomic mass is 16.5. The van der Waals surface area contributed by atoms with Gasteiger partial charge in [0.2, 0.25) is 0 Å². The summed E-state index contributed by atoms with van der Waals surface area (Å²) in [6.07, 6.45) is 1.11. The van der Waals surface area contributed by atoms with Crippen LogP contribution in [-0.4, -0.2) is 18.5 Å². The number of nitrogens with zero attached hydrogens (tertiary/aromatic N) is 1. The lowest BCUT2D eigenvalue weighted by Crippen LogP contribution is -2.26. The Balaban J connectivity index is 1.42. The first-order valence-corrected chi connectivity index (χ1v) is 8.85. The van der Waals surface area contributed by atoms with Gasteiger partial charge in [0.15, 0.2) is 0 Å². The number of ether oxygens (including phenoxy) is 1. The van der Waals surface area contributed by atoms with E-state index in [1.165, 1.54) is 27.8 Å². The Morgan fingerprint density at radius 2 is 1.60 bits per heavy atom. The number of hydrogen-bond donors (Lipinski definition) is 0. The molecular formula is C23H23NO. The van der Waals surface area contributed by atoms with Gasteiger partial charge < -0.3 is 9.64 Å². The van der Waals surface area contributed by atoms with E-state index in [2.05, 4.69) is 78.7 Å². The van der Waals surface area contributed by atoms with Gasteiger partial charge in [0.05, 0.1) is 0 Å². The Hall–Kier alpha value is -2.58. The Labute approximate surface area is 149 Å². The predicted molar refractivity (Wildman–Crippen MR) is 103 cm³/mol. The molecule has 126 valence electrons. The fourth-order valence-electron chi connectivity index (χ4n) is 3.35. The van der Waals surface area contributed by atoms with Gasteiger partial charge >= 0.3 is 0 Å². The highest BCUT2D eigenvalue weighted by molar-refractivity contribution is 5.63. The van der Waals surface area contributed by atoms with E-state index in [-0.39, 0.29) is 0 Å². The molecule has 0 aliphatic carbocycles. The van der Waals surface area contributed by atoms with Crippen molar-refractivity contribution in [1.29, 1.82) is 0 Å². The lowest BCUT2D eigenvalue weighted by Gasteiger charge is -2.25. The molecule has 0 N–H and O–H groups in total. The van der Waals surface area contributed by atoms with Gasteiger partial charge in [-0.25, -0.2) is 0 Å². The Bertz CT molecular complexity index is 840. The summed E-state index contributed by atoms with van der Waals surface area (Å²) in [5.74, 6) is 0.968. The van der Waals surface area contributed by atoms with Crippen LogP contribution >= 0.6 is 0 Å². The van der Waals surface area contributed by atoms with Gasteiger partial charge in [0, 0.05) is 13.1 Å². The summed E-state index contributed by atoms with van der Waals surface area (Å²) in [5.41, 5.74) is 6.53. The van der Waals surface area contributed by atoms with Gasteiger partial charge in [-0.3, -0.25) is 0 Å². The van der Waals surface area contributed by atoms with E-state index in [0.29, 0.717) is 6.61 Å². The molecule has 0 aromatic heterocycles. The molecule has 0 unspecified atom stereocenters. The molecule has 0 amide bonds. The van der Waals surface area contributed by atoms with Crippen LogP contribution in [0.1, 0.15) is 16.7 Å². The fourth-order valence-corrected chi connectivity index (χ4v) is 3.35. The molecule has 0 fully saturated rings. The smallest absolute Gasteiger partial charge is 0.120 e. The topological polar surface area (TPSA) is 12.5 Å². The molecule has 0 radical (unpaired) electrons. The predicted octanol–water partition coefficient (Wildman–Crippen LogP) is 4.92. The van der Waals surface area contributed by atoms with Crippen LogP contribution in [0.15, 0.2) is 72.8 Å². The molecule has 1 aliphatic rings. The van der Waals surface area contributed by atoms with Crippen LogP contribution < -0.4 is 4.74 Å². The SMILES string of the molecule is CN1CCc2cc(OCc3ccc(-c4ccccc4)cc3)ccc2C1. The Kier molecular flexibility index (Phi) is 4.53. The zero-order chi connectivity index (χ0) is 17.1. The molecule has 0 saturated carbocycles. The molecule has 4 rings (SSSR count). The Morgan fingerprint density at radius 1 is 0.840 bits per heavy atom. The van der Waals surface area contributed by atoms with Crippen LogP contribution in [-0.2, 0) is 19.6 Å². The van der Waals surface area contributed by atoms with Crippen molar-refractivity contribution in [2.24, 2.45) is 0 Å². The van der Waals surface area contributed by atoms with Crippen molar-refractivity contribution in [3.63, 3.8) is 0 Å². The third kappa shape index (κ3) is 3.75. The van der Waals surface area contributed by atoms with Gasteiger partial charge in [-0.05, 0) is 53.4 Å². The van der Waals surface area contributed by atoms with E-state index in [1.807, 2.05) is 6.07 Å². The lowest BCUT2D eigenvalue weighted by molar-refractivity contribution is 0.299. The molecule has 3 aromatic rings. The number of rotatable bonds is 4. The van der Waals surface area contributed by atoms with Crippen molar-refractivity contribution in [2.75, 3.05) is 13.6 Å².